The van der Waals surface area contributed by atoms with Crippen LogP contribution in [0.15, 0.2) is 73.1 Å². The molecule has 1 fully saturated rings. The Kier molecular flexibility index (Phi) is 5.96. The molecule has 1 atom stereocenters. The summed E-state index contributed by atoms with van der Waals surface area (Å²) in [6.45, 7) is 1.05. The maximum absolute atomic E-state index is 13.1. The highest BCUT2D eigenvalue weighted by Crippen LogP contribution is 2.23. The standard InChI is InChI=1S/C22H24N4O3S/c27-22(23-15-18-16-24-26(17-18)20-9-5-2-6-10-20)21(19-7-3-1-4-8-19)25-11-13-30(28,29)14-12-25/h1-10,16-17,21H,11-15H2,(H,23,27). The van der Waals surface area contributed by atoms with E-state index >= 15 is 0 Å². The van der Waals surface area contributed by atoms with Crippen LogP contribution >= 0.6 is 0 Å². The molecule has 0 aliphatic carbocycles. The average molecular weight is 425 g/mol. The first-order valence-electron chi connectivity index (χ1n) is 9.88. The molecule has 0 radical (unpaired) electrons. The first-order chi connectivity index (χ1) is 14.5. The summed E-state index contributed by atoms with van der Waals surface area (Å²) in [6.07, 6.45) is 3.62. The molecule has 156 valence electrons. The molecule has 1 unspecified atom stereocenters. The van der Waals surface area contributed by atoms with Crippen molar-refractivity contribution >= 4 is 15.7 Å². The summed E-state index contributed by atoms with van der Waals surface area (Å²) in [5.41, 5.74) is 2.70. The molecule has 0 bridgehead atoms. The van der Waals surface area contributed by atoms with Gasteiger partial charge in [-0.25, -0.2) is 13.1 Å². The molecule has 7 nitrogen and oxygen atoms in total. The van der Waals surface area contributed by atoms with Gasteiger partial charge >= 0.3 is 0 Å². The normalized spacial score (nSPS) is 17.3. The van der Waals surface area contributed by atoms with Gasteiger partial charge in [-0.1, -0.05) is 48.5 Å². The van der Waals surface area contributed by atoms with Crippen molar-refractivity contribution in [1.82, 2.24) is 20.0 Å². The Morgan fingerprint density at radius 2 is 1.63 bits per heavy atom. The lowest BCUT2D eigenvalue weighted by atomic mass is 10.0. The third-order valence-corrected chi connectivity index (χ3v) is 6.84. The molecule has 1 aromatic heterocycles. The second-order valence-electron chi connectivity index (χ2n) is 7.35. The minimum Gasteiger partial charge on any atom is -0.350 e. The lowest BCUT2D eigenvalue weighted by molar-refractivity contribution is -0.126. The van der Waals surface area contributed by atoms with Gasteiger partial charge in [0, 0.05) is 31.4 Å². The van der Waals surface area contributed by atoms with E-state index in [1.807, 2.05) is 71.8 Å². The van der Waals surface area contributed by atoms with Crippen LogP contribution in [0.1, 0.15) is 17.2 Å². The van der Waals surface area contributed by atoms with Gasteiger partial charge in [0.1, 0.15) is 6.04 Å². The van der Waals surface area contributed by atoms with Crippen molar-refractivity contribution in [1.29, 1.82) is 0 Å². The zero-order chi connectivity index (χ0) is 21.0. The van der Waals surface area contributed by atoms with Crippen molar-refractivity contribution in [2.75, 3.05) is 24.6 Å². The van der Waals surface area contributed by atoms with Crippen LogP contribution in [0.4, 0.5) is 0 Å². The highest BCUT2D eigenvalue weighted by Gasteiger charge is 2.32. The van der Waals surface area contributed by atoms with Crippen LogP contribution < -0.4 is 5.32 Å². The third-order valence-electron chi connectivity index (χ3n) is 5.23. The van der Waals surface area contributed by atoms with E-state index in [1.165, 1.54) is 0 Å². The van der Waals surface area contributed by atoms with Gasteiger partial charge in [-0.05, 0) is 17.7 Å². The summed E-state index contributed by atoms with van der Waals surface area (Å²) >= 11 is 0. The number of hydrogen-bond acceptors (Lipinski definition) is 5. The highest BCUT2D eigenvalue weighted by molar-refractivity contribution is 7.91. The van der Waals surface area contributed by atoms with E-state index in [4.69, 9.17) is 0 Å². The van der Waals surface area contributed by atoms with Crippen LogP contribution in [0.2, 0.25) is 0 Å². The zero-order valence-electron chi connectivity index (χ0n) is 16.5. The molecule has 3 aromatic rings. The van der Waals surface area contributed by atoms with Crippen molar-refractivity contribution in [2.45, 2.75) is 12.6 Å². The lowest BCUT2D eigenvalue weighted by Crippen LogP contribution is -2.47. The smallest absolute Gasteiger partial charge is 0.242 e. The van der Waals surface area contributed by atoms with Gasteiger partial charge < -0.3 is 5.32 Å². The molecule has 1 saturated heterocycles. The molecule has 4 rings (SSSR count). The molecule has 2 heterocycles. The average Bonchev–Trinajstić information content (AvgIpc) is 3.24. The molecule has 0 spiro atoms. The molecule has 2 aromatic carbocycles. The van der Waals surface area contributed by atoms with Crippen molar-refractivity contribution in [3.63, 3.8) is 0 Å². The van der Waals surface area contributed by atoms with E-state index in [1.54, 1.807) is 10.9 Å². The van der Waals surface area contributed by atoms with E-state index in [2.05, 4.69) is 10.4 Å². The Balaban J connectivity index is 1.47. The van der Waals surface area contributed by atoms with Gasteiger partial charge in [0.2, 0.25) is 5.91 Å². The Morgan fingerprint density at radius 1 is 1.00 bits per heavy atom. The van der Waals surface area contributed by atoms with Crippen LogP contribution in [0, 0.1) is 0 Å². The molecular formula is C22H24N4O3S. The quantitative estimate of drug-likeness (QED) is 0.654. The van der Waals surface area contributed by atoms with Crippen molar-refractivity contribution in [3.8, 4) is 5.69 Å². The fourth-order valence-corrected chi connectivity index (χ4v) is 4.84. The molecule has 8 heteroatoms. The fraction of sp³-hybridized carbons (Fsp3) is 0.273. The summed E-state index contributed by atoms with van der Waals surface area (Å²) in [6, 6.07) is 18.7. The number of rotatable bonds is 6. The summed E-state index contributed by atoms with van der Waals surface area (Å²) < 4.78 is 25.4. The maximum Gasteiger partial charge on any atom is 0.242 e. The number of hydrogen-bond donors (Lipinski definition) is 1. The molecule has 1 N–H and O–H groups in total. The molecule has 30 heavy (non-hydrogen) atoms. The van der Waals surface area contributed by atoms with Crippen molar-refractivity contribution in [3.05, 3.63) is 84.2 Å². The van der Waals surface area contributed by atoms with Gasteiger partial charge in [0.25, 0.3) is 0 Å². The number of aromatic nitrogens is 2. The summed E-state index contributed by atoms with van der Waals surface area (Å²) in [4.78, 5) is 15.1. The lowest BCUT2D eigenvalue weighted by Gasteiger charge is -2.33. The second-order valence-corrected chi connectivity index (χ2v) is 9.65. The van der Waals surface area contributed by atoms with E-state index in [0.29, 0.717) is 19.6 Å². The van der Waals surface area contributed by atoms with E-state index in [9.17, 15) is 13.2 Å². The Hall–Kier alpha value is -2.97. The van der Waals surface area contributed by atoms with Gasteiger partial charge in [-0.15, -0.1) is 0 Å². The summed E-state index contributed by atoms with van der Waals surface area (Å²) in [5, 5.41) is 7.36. The predicted molar refractivity (Wildman–Crippen MR) is 115 cm³/mol. The van der Waals surface area contributed by atoms with Gasteiger partial charge in [-0.3, -0.25) is 9.69 Å². The van der Waals surface area contributed by atoms with Crippen molar-refractivity contribution < 1.29 is 13.2 Å². The summed E-state index contributed by atoms with van der Waals surface area (Å²) in [7, 11) is -3.02. The zero-order valence-corrected chi connectivity index (χ0v) is 17.3. The third kappa shape index (κ3) is 4.77. The minimum atomic E-state index is -3.02. The molecular weight excluding hydrogens is 400 g/mol. The van der Waals surface area contributed by atoms with Gasteiger partial charge in [-0.2, -0.15) is 5.10 Å². The number of carbonyl (C=O) groups is 1. The van der Waals surface area contributed by atoms with Crippen molar-refractivity contribution in [2.24, 2.45) is 0 Å². The number of carbonyl (C=O) groups excluding carboxylic acids is 1. The fourth-order valence-electron chi connectivity index (χ4n) is 3.61. The Morgan fingerprint density at radius 3 is 2.30 bits per heavy atom. The Labute approximate surface area is 176 Å². The minimum absolute atomic E-state index is 0.0768. The van der Waals surface area contributed by atoms with Gasteiger partial charge in [0.15, 0.2) is 9.84 Å². The topological polar surface area (TPSA) is 84.3 Å². The SMILES string of the molecule is O=C(NCc1cnn(-c2ccccc2)c1)C(c1ccccc1)N1CCS(=O)(=O)CC1. The number of nitrogens with zero attached hydrogens (tertiary/aromatic N) is 3. The number of benzene rings is 2. The van der Waals surface area contributed by atoms with Gasteiger partial charge in [0.05, 0.1) is 23.4 Å². The largest absolute Gasteiger partial charge is 0.350 e. The Bertz CT molecular complexity index is 1080. The number of nitrogens with one attached hydrogen (secondary N) is 1. The second kappa shape index (κ2) is 8.81. The van der Waals surface area contributed by atoms with E-state index in [0.717, 1.165) is 16.8 Å². The van der Waals surface area contributed by atoms with E-state index < -0.39 is 15.9 Å². The summed E-state index contributed by atoms with van der Waals surface area (Å²) in [5.74, 6) is 0.00828. The highest BCUT2D eigenvalue weighted by atomic mass is 32.2. The number of sulfone groups is 1. The number of para-hydroxylation sites is 1. The molecule has 0 saturated carbocycles. The van der Waals surface area contributed by atoms with Crippen LogP contribution in [-0.4, -0.2) is 53.6 Å². The molecule has 1 amide bonds. The first-order valence-corrected chi connectivity index (χ1v) is 11.7. The van der Waals surface area contributed by atoms with Crippen LogP contribution in [0.5, 0.6) is 0 Å². The van der Waals surface area contributed by atoms with Crippen LogP contribution in [0.25, 0.3) is 5.69 Å². The van der Waals surface area contributed by atoms with Crippen LogP contribution in [0.3, 0.4) is 0 Å². The number of amides is 1. The van der Waals surface area contributed by atoms with Crippen LogP contribution in [-0.2, 0) is 21.2 Å². The molecule has 1 aliphatic rings. The first kappa shape index (κ1) is 20.3. The predicted octanol–water partition coefficient (Wildman–Crippen LogP) is 1.96. The molecule has 1 aliphatic heterocycles. The monoisotopic (exact) mass is 424 g/mol. The maximum atomic E-state index is 13.1. The van der Waals surface area contributed by atoms with E-state index in [-0.39, 0.29) is 17.4 Å².